The zero-order valence-corrected chi connectivity index (χ0v) is 11.2. The molecule has 1 fully saturated rings. The Kier molecular flexibility index (Phi) is 2.96. The molecule has 1 aromatic heterocycles. The molecule has 2 aliphatic heterocycles. The Hall–Kier alpha value is -0.460. The number of aryl methyl sites for hydroxylation is 1. The molecule has 0 saturated carbocycles. The van der Waals surface area contributed by atoms with Gasteiger partial charge < -0.3 is 5.32 Å². The van der Waals surface area contributed by atoms with E-state index in [1.54, 1.807) is 11.3 Å². The van der Waals surface area contributed by atoms with Gasteiger partial charge in [0.2, 0.25) is 0 Å². The topological polar surface area (TPSA) is 59.1 Å². The standard InChI is InChI=1S/C11H16N2O2S2/c14-17(15)6-4-8-10(7-17)16-11(13-8)9-3-1-2-5-12-9/h9,12H,1-7H2. The molecule has 2 aliphatic rings. The van der Waals surface area contributed by atoms with Gasteiger partial charge in [-0.15, -0.1) is 11.3 Å². The van der Waals surface area contributed by atoms with E-state index in [2.05, 4.69) is 10.3 Å². The first-order valence-electron chi connectivity index (χ1n) is 6.06. The number of rotatable bonds is 1. The number of hydrogen-bond acceptors (Lipinski definition) is 5. The van der Waals surface area contributed by atoms with Crippen LogP contribution in [0.1, 0.15) is 40.9 Å². The van der Waals surface area contributed by atoms with Gasteiger partial charge in [-0.3, -0.25) is 0 Å². The Balaban J connectivity index is 1.86. The van der Waals surface area contributed by atoms with E-state index in [4.69, 9.17) is 0 Å². The number of thiazole rings is 1. The molecular formula is C11H16N2O2S2. The first-order chi connectivity index (χ1) is 8.14. The van der Waals surface area contributed by atoms with E-state index in [1.807, 2.05) is 0 Å². The Morgan fingerprint density at radius 3 is 3.00 bits per heavy atom. The molecule has 1 saturated heterocycles. The van der Waals surface area contributed by atoms with Crippen LogP contribution in [-0.4, -0.2) is 25.7 Å². The molecule has 6 heteroatoms. The van der Waals surface area contributed by atoms with E-state index in [-0.39, 0.29) is 11.5 Å². The number of piperidine rings is 1. The number of aromatic nitrogens is 1. The molecule has 0 bridgehead atoms. The second kappa shape index (κ2) is 4.33. The lowest BCUT2D eigenvalue weighted by Gasteiger charge is -2.21. The third kappa shape index (κ3) is 2.39. The lowest BCUT2D eigenvalue weighted by Crippen LogP contribution is -2.26. The fourth-order valence-corrected chi connectivity index (χ4v) is 5.45. The zero-order valence-electron chi connectivity index (χ0n) is 9.61. The van der Waals surface area contributed by atoms with Crippen molar-refractivity contribution in [1.82, 2.24) is 10.3 Å². The van der Waals surface area contributed by atoms with Crippen LogP contribution in [0.4, 0.5) is 0 Å². The molecule has 0 aromatic carbocycles. The van der Waals surface area contributed by atoms with Gasteiger partial charge in [-0.2, -0.15) is 0 Å². The minimum atomic E-state index is -2.86. The van der Waals surface area contributed by atoms with Crippen molar-refractivity contribution in [2.45, 2.75) is 37.5 Å². The summed E-state index contributed by atoms with van der Waals surface area (Å²) in [4.78, 5) is 5.60. The molecule has 0 amide bonds. The van der Waals surface area contributed by atoms with Crippen molar-refractivity contribution in [2.24, 2.45) is 0 Å². The molecule has 1 N–H and O–H groups in total. The van der Waals surface area contributed by atoms with E-state index in [0.29, 0.717) is 12.5 Å². The average molecular weight is 272 g/mol. The molecule has 3 heterocycles. The smallest absolute Gasteiger partial charge is 0.155 e. The van der Waals surface area contributed by atoms with Crippen molar-refractivity contribution in [3.05, 3.63) is 15.6 Å². The maximum absolute atomic E-state index is 11.6. The number of fused-ring (bicyclic) bond motifs is 1. The van der Waals surface area contributed by atoms with Crippen molar-refractivity contribution in [3.63, 3.8) is 0 Å². The fourth-order valence-electron chi connectivity index (χ4n) is 2.45. The summed E-state index contributed by atoms with van der Waals surface area (Å²) in [6.45, 7) is 1.05. The summed E-state index contributed by atoms with van der Waals surface area (Å²) in [7, 11) is -2.86. The van der Waals surface area contributed by atoms with Crippen LogP contribution in [0.25, 0.3) is 0 Å². The third-order valence-corrected chi connectivity index (χ3v) is 6.35. The molecule has 1 atom stereocenters. The molecule has 17 heavy (non-hydrogen) atoms. The van der Waals surface area contributed by atoms with Crippen molar-refractivity contribution >= 4 is 21.2 Å². The number of sulfone groups is 1. The maximum Gasteiger partial charge on any atom is 0.155 e. The van der Waals surface area contributed by atoms with Crippen LogP contribution in [0.3, 0.4) is 0 Å². The summed E-state index contributed by atoms with van der Waals surface area (Å²) in [5, 5.41) is 4.55. The summed E-state index contributed by atoms with van der Waals surface area (Å²) in [6, 6.07) is 0.349. The van der Waals surface area contributed by atoms with Gasteiger partial charge in [0.15, 0.2) is 9.84 Å². The van der Waals surface area contributed by atoms with Crippen LogP contribution in [0, 0.1) is 0 Å². The van der Waals surface area contributed by atoms with Gasteiger partial charge in [0.05, 0.1) is 23.2 Å². The molecule has 1 unspecified atom stereocenters. The molecule has 94 valence electrons. The highest BCUT2D eigenvalue weighted by molar-refractivity contribution is 7.90. The van der Waals surface area contributed by atoms with Gasteiger partial charge in [-0.05, 0) is 19.4 Å². The van der Waals surface area contributed by atoms with Crippen LogP contribution in [0.15, 0.2) is 0 Å². The summed E-state index contributed by atoms with van der Waals surface area (Å²) in [5.41, 5.74) is 1.02. The van der Waals surface area contributed by atoms with Crippen LogP contribution in [0.5, 0.6) is 0 Å². The van der Waals surface area contributed by atoms with Gasteiger partial charge in [0.1, 0.15) is 5.01 Å². The summed E-state index contributed by atoms with van der Waals surface area (Å²) >= 11 is 1.59. The van der Waals surface area contributed by atoms with Crippen molar-refractivity contribution in [2.75, 3.05) is 12.3 Å². The second-order valence-electron chi connectivity index (χ2n) is 4.77. The Morgan fingerprint density at radius 1 is 1.35 bits per heavy atom. The summed E-state index contributed by atoms with van der Waals surface area (Å²) in [6.07, 6.45) is 4.19. The minimum Gasteiger partial charge on any atom is -0.308 e. The van der Waals surface area contributed by atoms with Crippen LogP contribution in [-0.2, 0) is 22.0 Å². The van der Waals surface area contributed by atoms with Gasteiger partial charge in [0, 0.05) is 11.3 Å². The molecule has 0 aliphatic carbocycles. The fraction of sp³-hybridized carbons (Fsp3) is 0.727. The first-order valence-corrected chi connectivity index (χ1v) is 8.70. The molecular weight excluding hydrogens is 256 g/mol. The minimum absolute atomic E-state index is 0.201. The van der Waals surface area contributed by atoms with Gasteiger partial charge in [0.25, 0.3) is 0 Å². The van der Waals surface area contributed by atoms with Crippen LogP contribution in [0.2, 0.25) is 0 Å². The van der Waals surface area contributed by atoms with E-state index in [9.17, 15) is 8.42 Å². The normalized spacial score (nSPS) is 27.6. The van der Waals surface area contributed by atoms with Gasteiger partial charge in [-0.1, -0.05) is 6.42 Å². The molecule has 0 spiro atoms. The highest BCUT2D eigenvalue weighted by Crippen LogP contribution is 2.32. The third-order valence-electron chi connectivity index (χ3n) is 3.40. The van der Waals surface area contributed by atoms with Crippen LogP contribution < -0.4 is 5.32 Å². The lowest BCUT2D eigenvalue weighted by molar-refractivity contribution is 0.411. The highest BCUT2D eigenvalue weighted by atomic mass is 32.2. The van der Waals surface area contributed by atoms with Gasteiger partial charge in [-0.25, -0.2) is 13.4 Å². The lowest BCUT2D eigenvalue weighted by atomic mass is 10.1. The predicted octanol–water partition coefficient (Wildman–Crippen LogP) is 1.43. The second-order valence-corrected chi connectivity index (χ2v) is 8.07. The van der Waals surface area contributed by atoms with Crippen molar-refractivity contribution in [1.29, 1.82) is 0 Å². The van der Waals surface area contributed by atoms with Crippen molar-refractivity contribution < 1.29 is 8.42 Å². The van der Waals surface area contributed by atoms with Gasteiger partial charge >= 0.3 is 0 Å². The monoisotopic (exact) mass is 272 g/mol. The quantitative estimate of drug-likeness (QED) is 0.840. The Morgan fingerprint density at radius 2 is 2.24 bits per heavy atom. The van der Waals surface area contributed by atoms with E-state index in [1.165, 1.54) is 12.8 Å². The largest absolute Gasteiger partial charge is 0.308 e. The Labute approximate surface area is 105 Å². The molecule has 0 radical (unpaired) electrons. The molecule has 4 nitrogen and oxygen atoms in total. The SMILES string of the molecule is O=S1(=O)CCc2nc(C3CCCCN3)sc2C1. The molecule has 1 aromatic rings. The molecule has 3 rings (SSSR count). The van der Waals surface area contributed by atoms with E-state index >= 15 is 0 Å². The highest BCUT2D eigenvalue weighted by Gasteiger charge is 2.27. The van der Waals surface area contributed by atoms with Crippen molar-refractivity contribution in [3.8, 4) is 0 Å². The zero-order chi connectivity index (χ0) is 11.9. The van der Waals surface area contributed by atoms with Crippen LogP contribution >= 0.6 is 11.3 Å². The number of nitrogens with one attached hydrogen (secondary N) is 1. The average Bonchev–Trinajstić information content (AvgIpc) is 2.71. The Bertz CT molecular complexity index is 516. The van der Waals surface area contributed by atoms with E-state index in [0.717, 1.165) is 28.5 Å². The summed E-state index contributed by atoms with van der Waals surface area (Å²) < 4.78 is 23.1. The number of hydrogen-bond donors (Lipinski definition) is 1. The number of nitrogens with zero attached hydrogens (tertiary/aromatic N) is 1. The summed E-state index contributed by atoms with van der Waals surface area (Å²) in [5.74, 6) is 0.466. The predicted molar refractivity (Wildman–Crippen MR) is 67.9 cm³/mol. The maximum atomic E-state index is 11.6. The first kappa shape index (κ1) is 11.6. The van der Waals surface area contributed by atoms with E-state index < -0.39 is 9.84 Å².